The summed E-state index contributed by atoms with van der Waals surface area (Å²) in [4.78, 5) is 10.4. The third-order valence-electron chi connectivity index (χ3n) is 4.01. The number of aromatic nitrogens is 2. The molecule has 1 N–H and O–H groups in total. The molecule has 22 heavy (non-hydrogen) atoms. The Morgan fingerprint density at radius 1 is 0.909 bits per heavy atom. The Bertz CT molecular complexity index is 925. The summed E-state index contributed by atoms with van der Waals surface area (Å²) in [5.41, 5.74) is 3.33. The number of rotatable bonds is 3. The van der Waals surface area contributed by atoms with Gasteiger partial charge in [-0.25, -0.2) is 4.98 Å². The molecule has 3 heteroatoms. The number of imidazole rings is 1. The largest absolute Gasteiger partial charge is 0.367 e. The highest BCUT2D eigenvalue weighted by Gasteiger charge is 2.08. The van der Waals surface area contributed by atoms with Gasteiger partial charge in [-0.1, -0.05) is 48.5 Å². The van der Waals surface area contributed by atoms with Crippen molar-refractivity contribution in [2.24, 2.45) is 0 Å². The molecule has 0 aliphatic heterocycles. The van der Waals surface area contributed by atoms with Gasteiger partial charge in [-0.3, -0.25) is 0 Å². The van der Waals surface area contributed by atoms with Crippen molar-refractivity contribution in [1.82, 2.24) is 9.97 Å². The van der Waals surface area contributed by atoms with E-state index < -0.39 is 0 Å². The molecule has 3 aromatic carbocycles. The van der Waals surface area contributed by atoms with E-state index in [0.717, 1.165) is 23.4 Å². The number of H-pyrrole nitrogens is 1. The molecule has 0 bridgehead atoms. The van der Waals surface area contributed by atoms with Crippen molar-refractivity contribution in [3.8, 4) is 0 Å². The van der Waals surface area contributed by atoms with Gasteiger partial charge in [0.25, 0.3) is 0 Å². The van der Waals surface area contributed by atoms with E-state index in [2.05, 4.69) is 77.6 Å². The van der Waals surface area contributed by atoms with Crippen molar-refractivity contribution in [1.29, 1.82) is 0 Å². The summed E-state index contributed by atoms with van der Waals surface area (Å²) in [6.45, 7) is 0.757. The van der Waals surface area contributed by atoms with Crippen molar-refractivity contribution in [2.45, 2.75) is 6.54 Å². The smallest absolute Gasteiger partial charge is 0.126 e. The number of hydrogen-bond donors (Lipinski definition) is 1. The summed E-state index contributed by atoms with van der Waals surface area (Å²) in [6.07, 6.45) is 0. The second kappa shape index (κ2) is 5.19. The minimum absolute atomic E-state index is 0.757. The van der Waals surface area contributed by atoms with Crippen LogP contribution in [-0.4, -0.2) is 17.0 Å². The number of anilines is 1. The van der Waals surface area contributed by atoms with Gasteiger partial charge >= 0.3 is 0 Å². The Hall–Kier alpha value is -2.81. The van der Waals surface area contributed by atoms with Gasteiger partial charge in [0.05, 0.1) is 17.6 Å². The molecule has 0 atom stereocenters. The van der Waals surface area contributed by atoms with E-state index in [1.54, 1.807) is 0 Å². The third kappa shape index (κ3) is 2.21. The molecule has 0 saturated carbocycles. The minimum atomic E-state index is 0.757. The van der Waals surface area contributed by atoms with Crippen LogP contribution >= 0.6 is 0 Å². The monoisotopic (exact) mass is 287 g/mol. The molecule has 0 saturated heterocycles. The van der Waals surface area contributed by atoms with Crippen LogP contribution in [0.5, 0.6) is 0 Å². The maximum atomic E-state index is 4.81. The Kier molecular flexibility index (Phi) is 3.04. The first-order valence-corrected chi connectivity index (χ1v) is 7.44. The molecular formula is C19H17N3. The fraction of sp³-hybridized carbons (Fsp3) is 0.105. The molecule has 3 nitrogen and oxygen atoms in total. The zero-order chi connectivity index (χ0) is 14.9. The number of para-hydroxylation sites is 1. The first-order valence-electron chi connectivity index (χ1n) is 7.44. The molecule has 0 amide bonds. The van der Waals surface area contributed by atoms with E-state index in [4.69, 9.17) is 4.98 Å². The van der Waals surface area contributed by atoms with E-state index in [9.17, 15) is 0 Å². The maximum Gasteiger partial charge on any atom is 0.126 e. The molecule has 0 radical (unpaired) electrons. The molecule has 108 valence electrons. The van der Waals surface area contributed by atoms with Crippen LogP contribution in [0.25, 0.3) is 21.8 Å². The quantitative estimate of drug-likeness (QED) is 0.607. The molecule has 0 unspecified atom stereocenters. The topological polar surface area (TPSA) is 31.9 Å². The summed E-state index contributed by atoms with van der Waals surface area (Å²) < 4.78 is 0. The fourth-order valence-electron chi connectivity index (χ4n) is 2.87. The van der Waals surface area contributed by atoms with Gasteiger partial charge < -0.3 is 9.88 Å². The predicted molar refractivity (Wildman–Crippen MR) is 92.1 cm³/mol. The first kappa shape index (κ1) is 12.9. The lowest BCUT2D eigenvalue weighted by molar-refractivity contribution is 0.865. The number of nitrogens with one attached hydrogen (secondary N) is 1. The molecule has 1 aromatic heterocycles. The average Bonchev–Trinajstić information content (AvgIpc) is 2.98. The molecule has 4 rings (SSSR count). The Balaban J connectivity index is 1.72. The lowest BCUT2D eigenvalue weighted by Gasteiger charge is -2.17. The maximum absolute atomic E-state index is 4.81. The van der Waals surface area contributed by atoms with Gasteiger partial charge in [0.15, 0.2) is 0 Å². The Morgan fingerprint density at radius 3 is 2.55 bits per heavy atom. The molecular weight excluding hydrogens is 270 g/mol. The molecule has 0 fully saturated rings. The predicted octanol–water partition coefficient (Wildman–Crippen LogP) is 4.35. The molecule has 4 aromatic rings. The Labute approximate surface area is 129 Å². The van der Waals surface area contributed by atoms with Crippen molar-refractivity contribution in [3.63, 3.8) is 0 Å². The highest BCUT2D eigenvalue weighted by molar-refractivity contribution is 6.04. The normalized spacial score (nSPS) is 11.1. The highest BCUT2D eigenvalue weighted by Crippen LogP contribution is 2.24. The Morgan fingerprint density at radius 2 is 1.68 bits per heavy atom. The summed E-state index contributed by atoms with van der Waals surface area (Å²) in [5, 5.41) is 2.43. The zero-order valence-corrected chi connectivity index (χ0v) is 12.5. The molecule has 1 heterocycles. The molecule has 0 aliphatic carbocycles. The minimum Gasteiger partial charge on any atom is -0.367 e. The summed E-state index contributed by atoms with van der Waals surface area (Å²) in [7, 11) is 2.08. The van der Waals surface area contributed by atoms with Crippen molar-refractivity contribution in [2.75, 3.05) is 11.9 Å². The van der Waals surface area contributed by atoms with Crippen LogP contribution in [0.4, 0.5) is 5.69 Å². The van der Waals surface area contributed by atoms with Crippen LogP contribution in [0.2, 0.25) is 0 Å². The van der Waals surface area contributed by atoms with Gasteiger partial charge in [-0.2, -0.15) is 0 Å². The zero-order valence-electron chi connectivity index (χ0n) is 12.5. The van der Waals surface area contributed by atoms with Crippen molar-refractivity contribution >= 4 is 27.5 Å². The van der Waals surface area contributed by atoms with Crippen LogP contribution in [0.1, 0.15) is 5.82 Å². The van der Waals surface area contributed by atoms with E-state index in [1.807, 2.05) is 6.07 Å². The molecule has 0 aliphatic rings. The van der Waals surface area contributed by atoms with Gasteiger partial charge in [0.1, 0.15) is 5.82 Å². The molecule has 0 spiro atoms. The number of benzene rings is 3. The van der Waals surface area contributed by atoms with E-state index in [0.29, 0.717) is 0 Å². The van der Waals surface area contributed by atoms with Crippen LogP contribution in [0.3, 0.4) is 0 Å². The van der Waals surface area contributed by atoms with Crippen molar-refractivity contribution in [3.05, 3.63) is 72.6 Å². The lowest BCUT2D eigenvalue weighted by atomic mass is 10.1. The number of hydrogen-bond acceptors (Lipinski definition) is 2. The summed E-state index contributed by atoms with van der Waals surface area (Å²) >= 11 is 0. The van der Waals surface area contributed by atoms with E-state index >= 15 is 0 Å². The average molecular weight is 287 g/mol. The van der Waals surface area contributed by atoms with Crippen molar-refractivity contribution < 1.29 is 0 Å². The second-order valence-electron chi connectivity index (χ2n) is 5.56. The van der Waals surface area contributed by atoms with Crippen LogP contribution < -0.4 is 4.90 Å². The third-order valence-corrected chi connectivity index (χ3v) is 4.01. The highest BCUT2D eigenvalue weighted by atomic mass is 15.1. The van der Waals surface area contributed by atoms with Crippen LogP contribution in [0.15, 0.2) is 66.7 Å². The fourth-order valence-corrected chi connectivity index (χ4v) is 2.87. The second-order valence-corrected chi connectivity index (χ2v) is 5.56. The number of aromatic amines is 1. The summed E-state index contributed by atoms with van der Waals surface area (Å²) in [5.74, 6) is 0.984. The van der Waals surface area contributed by atoms with E-state index in [1.165, 1.54) is 16.5 Å². The van der Waals surface area contributed by atoms with E-state index in [-0.39, 0.29) is 0 Å². The van der Waals surface area contributed by atoms with Gasteiger partial charge in [-0.15, -0.1) is 0 Å². The first-order chi connectivity index (χ1) is 10.8. The number of nitrogens with zero attached hydrogens (tertiary/aromatic N) is 2. The van der Waals surface area contributed by atoms with Gasteiger partial charge in [-0.05, 0) is 23.6 Å². The van der Waals surface area contributed by atoms with Gasteiger partial charge in [0.2, 0.25) is 0 Å². The SMILES string of the molecule is CN(Cc1nc2c(ccc3ccccc32)[nH]1)c1ccccc1. The van der Waals surface area contributed by atoms with Crippen LogP contribution in [0, 0.1) is 0 Å². The summed E-state index contributed by atoms with van der Waals surface area (Å²) in [6, 6.07) is 23.0. The van der Waals surface area contributed by atoms with Gasteiger partial charge in [0, 0.05) is 18.1 Å². The van der Waals surface area contributed by atoms with Crippen LogP contribution in [-0.2, 0) is 6.54 Å². The number of fused-ring (bicyclic) bond motifs is 3. The standard InChI is InChI=1S/C19H17N3/c1-22(15-8-3-2-4-9-15)13-18-20-17-12-11-14-7-5-6-10-16(14)19(17)21-18/h2-12H,13H2,1H3,(H,20,21). The lowest BCUT2D eigenvalue weighted by Crippen LogP contribution is -2.16.